The zero-order chi connectivity index (χ0) is 18.4. The van der Waals surface area contributed by atoms with Crippen molar-refractivity contribution in [1.82, 2.24) is 4.31 Å². The molecule has 0 amide bonds. The van der Waals surface area contributed by atoms with Gasteiger partial charge in [0.2, 0.25) is 10.0 Å². The fourth-order valence-electron chi connectivity index (χ4n) is 3.15. The molecule has 0 radical (unpaired) electrons. The third-order valence-corrected chi connectivity index (χ3v) is 6.54. The Morgan fingerprint density at radius 1 is 0.962 bits per heavy atom. The highest BCUT2D eigenvalue weighted by molar-refractivity contribution is 7.88. The standard InChI is InChI=1S/C20H24FNO3S/c21-20-8-6-19(7-9-20)16-26(23,24)22-12-10-18(11-13-22)15-25-14-17-4-2-1-3-5-17/h1-9,18H,10-16H2. The van der Waals surface area contributed by atoms with Crippen LogP contribution in [0.3, 0.4) is 0 Å². The van der Waals surface area contributed by atoms with Crippen LogP contribution in [0.25, 0.3) is 0 Å². The van der Waals surface area contributed by atoms with Crippen molar-refractivity contribution >= 4 is 10.0 Å². The van der Waals surface area contributed by atoms with E-state index in [1.165, 1.54) is 24.3 Å². The average molecular weight is 377 g/mol. The van der Waals surface area contributed by atoms with E-state index in [1.54, 1.807) is 4.31 Å². The van der Waals surface area contributed by atoms with Crippen LogP contribution in [0.15, 0.2) is 54.6 Å². The Labute approximate surface area is 154 Å². The number of hydrogen-bond acceptors (Lipinski definition) is 3. The average Bonchev–Trinajstić information content (AvgIpc) is 2.65. The number of benzene rings is 2. The molecule has 2 aromatic rings. The third-order valence-electron chi connectivity index (χ3n) is 4.69. The molecule has 2 aromatic carbocycles. The summed E-state index contributed by atoms with van der Waals surface area (Å²) in [4.78, 5) is 0. The molecule has 1 aliphatic heterocycles. The van der Waals surface area contributed by atoms with Gasteiger partial charge in [-0.15, -0.1) is 0 Å². The molecule has 6 heteroatoms. The zero-order valence-corrected chi connectivity index (χ0v) is 15.5. The van der Waals surface area contributed by atoms with Gasteiger partial charge in [0, 0.05) is 19.7 Å². The summed E-state index contributed by atoms with van der Waals surface area (Å²) in [6.07, 6.45) is 1.61. The number of sulfonamides is 1. The molecule has 1 heterocycles. The summed E-state index contributed by atoms with van der Waals surface area (Å²) in [7, 11) is -3.37. The van der Waals surface area contributed by atoms with Crippen LogP contribution < -0.4 is 0 Å². The van der Waals surface area contributed by atoms with E-state index in [9.17, 15) is 12.8 Å². The molecule has 0 N–H and O–H groups in total. The van der Waals surface area contributed by atoms with Gasteiger partial charge in [0.15, 0.2) is 0 Å². The van der Waals surface area contributed by atoms with Crippen molar-refractivity contribution in [3.63, 3.8) is 0 Å². The largest absolute Gasteiger partial charge is 0.376 e. The molecular formula is C20H24FNO3S. The number of halogens is 1. The number of ether oxygens (including phenoxy) is 1. The molecule has 0 aliphatic carbocycles. The predicted octanol–water partition coefficient (Wildman–Crippen LogP) is 3.58. The molecule has 3 rings (SSSR count). The van der Waals surface area contributed by atoms with Crippen molar-refractivity contribution < 1.29 is 17.5 Å². The van der Waals surface area contributed by atoms with E-state index in [2.05, 4.69) is 0 Å². The van der Waals surface area contributed by atoms with E-state index in [-0.39, 0.29) is 11.6 Å². The van der Waals surface area contributed by atoms with Gasteiger partial charge in [0.05, 0.1) is 12.4 Å². The van der Waals surface area contributed by atoms with Crippen LogP contribution in [0, 0.1) is 11.7 Å². The highest BCUT2D eigenvalue weighted by Crippen LogP contribution is 2.22. The smallest absolute Gasteiger partial charge is 0.218 e. The summed E-state index contributed by atoms with van der Waals surface area (Å²) < 4.78 is 45.4. The fourth-order valence-corrected chi connectivity index (χ4v) is 4.72. The topological polar surface area (TPSA) is 46.6 Å². The molecule has 1 aliphatic rings. The summed E-state index contributed by atoms with van der Waals surface area (Å²) in [5.41, 5.74) is 1.76. The maximum atomic E-state index is 13.0. The first-order valence-corrected chi connectivity index (χ1v) is 10.5. The fraction of sp³-hybridized carbons (Fsp3) is 0.400. The number of nitrogens with zero attached hydrogens (tertiary/aromatic N) is 1. The first-order valence-electron chi connectivity index (χ1n) is 8.87. The zero-order valence-electron chi connectivity index (χ0n) is 14.7. The molecular weight excluding hydrogens is 353 g/mol. The molecule has 26 heavy (non-hydrogen) atoms. The maximum absolute atomic E-state index is 13.0. The van der Waals surface area contributed by atoms with E-state index in [0.717, 1.165) is 18.4 Å². The number of rotatable bonds is 7. The SMILES string of the molecule is O=S(=O)(Cc1ccc(F)cc1)N1CCC(COCc2ccccc2)CC1. The molecule has 1 fully saturated rings. The van der Waals surface area contributed by atoms with E-state index >= 15 is 0 Å². The Balaban J connectivity index is 1.44. The normalized spacial score (nSPS) is 16.7. The lowest BCUT2D eigenvalue weighted by atomic mass is 9.99. The lowest BCUT2D eigenvalue weighted by Gasteiger charge is -2.31. The Morgan fingerprint density at radius 2 is 1.62 bits per heavy atom. The Morgan fingerprint density at radius 3 is 2.27 bits per heavy atom. The van der Waals surface area contributed by atoms with Crippen molar-refractivity contribution in [1.29, 1.82) is 0 Å². The van der Waals surface area contributed by atoms with E-state index < -0.39 is 10.0 Å². The lowest BCUT2D eigenvalue weighted by molar-refractivity contribution is 0.0687. The van der Waals surface area contributed by atoms with Crippen LogP contribution in [0.1, 0.15) is 24.0 Å². The van der Waals surface area contributed by atoms with Crippen LogP contribution in [-0.4, -0.2) is 32.4 Å². The quantitative estimate of drug-likeness (QED) is 0.741. The Hall–Kier alpha value is -1.76. The highest BCUT2D eigenvalue weighted by Gasteiger charge is 2.28. The minimum Gasteiger partial charge on any atom is -0.376 e. The second-order valence-corrected chi connectivity index (χ2v) is 8.69. The lowest BCUT2D eigenvalue weighted by Crippen LogP contribution is -2.40. The van der Waals surface area contributed by atoms with Gasteiger partial charge in [-0.2, -0.15) is 0 Å². The van der Waals surface area contributed by atoms with Crippen molar-refractivity contribution in [3.05, 3.63) is 71.5 Å². The van der Waals surface area contributed by atoms with Crippen molar-refractivity contribution in [3.8, 4) is 0 Å². The number of hydrogen-bond donors (Lipinski definition) is 0. The van der Waals surface area contributed by atoms with Crippen LogP contribution >= 0.6 is 0 Å². The molecule has 0 bridgehead atoms. The monoisotopic (exact) mass is 377 g/mol. The molecule has 0 aromatic heterocycles. The minimum atomic E-state index is -3.37. The van der Waals surface area contributed by atoms with Crippen LogP contribution in [0.5, 0.6) is 0 Å². The van der Waals surface area contributed by atoms with Crippen molar-refractivity contribution in [2.24, 2.45) is 5.92 Å². The van der Waals surface area contributed by atoms with E-state index in [0.29, 0.717) is 37.8 Å². The van der Waals surface area contributed by atoms with Gasteiger partial charge in [-0.25, -0.2) is 17.1 Å². The van der Waals surface area contributed by atoms with Gasteiger partial charge in [-0.05, 0) is 42.0 Å². The second-order valence-electron chi connectivity index (χ2n) is 6.73. The summed E-state index contributed by atoms with van der Waals surface area (Å²) in [6.45, 7) is 2.27. The van der Waals surface area contributed by atoms with Gasteiger partial charge in [-0.1, -0.05) is 42.5 Å². The van der Waals surface area contributed by atoms with Gasteiger partial charge in [-0.3, -0.25) is 0 Å². The Bertz CT molecular complexity index is 786. The van der Waals surface area contributed by atoms with Gasteiger partial charge < -0.3 is 4.74 Å². The van der Waals surface area contributed by atoms with E-state index in [4.69, 9.17) is 4.74 Å². The first kappa shape index (κ1) is 19.0. The van der Waals surface area contributed by atoms with Crippen LogP contribution in [0.2, 0.25) is 0 Å². The van der Waals surface area contributed by atoms with Crippen LogP contribution in [0.4, 0.5) is 4.39 Å². The first-order chi connectivity index (χ1) is 12.5. The molecule has 1 saturated heterocycles. The minimum absolute atomic E-state index is 0.0809. The van der Waals surface area contributed by atoms with Gasteiger partial charge >= 0.3 is 0 Å². The maximum Gasteiger partial charge on any atom is 0.218 e. The van der Waals surface area contributed by atoms with Gasteiger partial charge in [0.25, 0.3) is 0 Å². The summed E-state index contributed by atoms with van der Waals surface area (Å²) in [5, 5.41) is 0. The second kappa shape index (κ2) is 8.75. The highest BCUT2D eigenvalue weighted by atomic mass is 32.2. The van der Waals surface area contributed by atoms with E-state index in [1.807, 2.05) is 30.3 Å². The van der Waals surface area contributed by atoms with Gasteiger partial charge in [0.1, 0.15) is 5.82 Å². The van der Waals surface area contributed by atoms with Crippen molar-refractivity contribution in [2.75, 3.05) is 19.7 Å². The summed E-state index contributed by atoms with van der Waals surface area (Å²) in [5.74, 6) is -0.0546. The molecule has 0 saturated carbocycles. The molecule has 0 unspecified atom stereocenters. The predicted molar refractivity (Wildman–Crippen MR) is 99.4 cm³/mol. The summed E-state index contributed by atoms with van der Waals surface area (Å²) >= 11 is 0. The molecule has 4 nitrogen and oxygen atoms in total. The summed E-state index contributed by atoms with van der Waals surface area (Å²) in [6, 6.07) is 15.7. The molecule has 0 spiro atoms. The Kier molecular flexibility index (Phi) is 6.40. The molecule has 0 atom stereocenters. The van der Waals surface area contributed by atoms with Crippen molar-refractivity contribution in [2.45, 2.75) is 25.2 Å². The third kappa shape index (κ3) is 5.37. The van der Waals surface area contributed by atoms with Crippen LogP contribution in [-0.2, 0) is 27.1 Å². The number of piperidine rings is 1. The molecule has 140 valence electrons.